The number of pyridine rings is 1. The van der Waals surface area contributed by atoms with Crippen molar-refractivity contribution in [2.75, 3.05) is 0 Å². The molecule has 0 spiro atoms. The monoisotopic (exact) mass is 308 g/mol. The Morgan fingerprint density at radius 1 is 1.05 bits per heavy atom. The molecule has 22 heavy (non-hydrogen) atoms. The highest BCUT2D eigenvalue weighted by Gasteiger charge is 2.42. The molecule has 0 aliphatic carbocycles. The van der Waals surface area contributed by atoms with E-state index in [1.807, 2.05) is 0 Å². The van der Waals surface area contributed by atoms with E-state index < -0.39 is 23.5 Å². The van der Waals surface area contributed by atoms with Crippen LogP contribution in [0.4, 0.5) is 17.6 Å². The summed E-state index contributed by atoms with van der Waals surface area (Å²) in [5.41, 5.74) is -0.222. The van der Waals surface area contributed by atoms with Crippen LogP contribution < -0.4 is 0 Å². The number of imidazole rings is 1. The smallest absolute Gasteiger partial charge is 0.299 e. The van der Waals surface area contributed by atoms with Crippen molar-refractivity contribution in [1.29, 1.82) is 0 Å². The fraction of sp³-hybridized carbons (Fsp3) is 0.0667. The van der Waals surface area contributed by atoms with E-state index in [-0.39, 0.29) is 11.3 Å². The first kappa shape index (κ1) is 14.2. The maximum absolute atomic E-state index is 13.0. The van der Waals surface area contributed by atoms with Crippen molar-refractivity contribution in [2.24, 2.45) is 0 Å². The van der Waals surface area contributed by atoms with Crippen LogP contribution in [0, 0.1) is 5.82 Å². The molecule has 0 aliphatic rings. The van der Waals surface area contributed by atoms with Crippen molar-refractivity contribution in [3.63, 3.8) is 0 Å². The molecule has 2 aromatic heterocycles. The van der Waals surface area contributed by atoms with Gasteiger partial charge in [-0.3, -0.25) is 9.20 Å². The SMILES string of the molecule is O=C(c1nc(-c2ccc(F)cc2)n2ccccc12)C(F)(F)F. The lowest BCUT2D eigenvalue weighted by Crippen LogP contribution is -2.23. The Labute approximate surface area is 121 Å². The minimum absolute atomic E-state index is 0.0455. The zero-order chi connectivity index (χ0) is 15.9. The summed E-state index contributed by atoms with van der Waals surface area (Å²) >= 11 is 0. The van der Waals surface area contributed by atoms with E-state index in [0.29, 0.717) is 5.56 Å². The van der Waals surface area contributed by atoms with E-state index >= 15 is 0 Å². The molecule has 0 fully saturated rings. The van der Waals surface area contributed by atoms with Crippen molar-refractivity contribution < 1.29 is 22.4 Å². The Morgan fingerprint density at radius 2 is 1.73 bits per heavy atom. The van der Waals surface area contributed by atoms with E-state index in [0.717, 1.165) is 0 Å². The highest BCUT2D eigenvalue weighted by molar-refractivity contribution is 6.04. The van der Waals surface area contributed by atoms with Gasteiger partial charge in [-0.25, -0.2) is 9.37 Å². The van der Waals surface area contributed by atoms with Crippen LogP contribution in [0.1, 0.15) is 10.5 Å². The third-order valence-electron chi connectivity index (χ3n) is 3.12. The lowest BCUT2D eigenvalue weighted by Gasteiger charge is -2.02. The van der Waals surface area contributed by atoms with Crippen molar-refractivity contribution in [1.82, 2.24) is 9.38 Å². The maximum Gasteiger partial charge on any atom is 0.456 e. The van der Waals surface area contributed by atoms with Crippen molar-refractivity contribution in [3.05, 3.63) is 60.2 Å². The summed E-state index contributed by atoms with van der Waals surface area (Å²) < 4.78 is 52.4. The van der Waals surface area contributed by atoms with Crippen LogP contribution in [0.25, 0.3) is 16.9 Å². The van der Waals surface area contributed by atoms with E-state index in [1.165, 1.54) is 47.0 Å². The third kappa shape index (κ3) is 2.34. The number of Topliss-reactive ketones (excluding diaryl/α,β-unsaturated/α-hetero) is 1. The molecule has 0 atom stereocenters. The van der Waals surface area contributed by atoms with Crippen LogP contribution in [-0.4, -0.2) is 21.3 Å². The average Bonchev–Trinajstić information content (AvgIpc) is 2.86. The number of alkyl halides is 3. The van der Waals surface area contributed by atoms with Gasteiger partial charge in [0.2, 0.25) is 0 Å². The molecule has 1 aromatic carbocycles. The van der Waals surface area contributed by atoms with Gasteiger partial charge in [-0.15, -0.1) is 0 Å². The number of halogens is 4. The quantitative estimate of drug-likeness (QED) is 0.532. The largest absolute Gasteiger partial charge is 0.456 e. The summed E-state index contributed by atoms with van der Waals surface area (Å²) in [7, 11) is 0. The van der Waals surface area contributed by atoms with Gasteiger partial charge in [0.1, 0.15) is 17.3 Å². The lowest BCUT2D eigenvalue weighted by molar-refractivity contribution is -0.0886. The Kier molecular flexibility index (Phi) is 3.20. The summed E-state index contributed by atoms with van der Waals surface area (Å²) in [6.45, 7) is 0. The van der Waals surface area contributed by atoms with Gasteiger partial charge in [0, 0.05) is 11.8 Å². The third-order valence-corrected chi connectivity index (χ3v) is 3.12. The zero-order valence-electron chi connectivity index (χ0n) is 10.9. The number of aromatic nitrogens is 2. The van der Waals surface area contributed by atoms with Gasteiger partial charge >= 0.3 is 6.18 Å². The highest BCUT2D eigenvalue weighted by atomic mass is 19.4. The number of benzene rings is 1. The topological polar surface area (TPSA) is 34.4 Å². The molecule has 7 heteroatoms. The fourth-order valence-corrected chi connectivity index (χ4v) is 2.14. The number of nitrogens with zero attached hydrogens (tertiary/aromatic N) is 2. The van der Waals surface area contributed by atoms with Gasteiger partial charge < -0.3 is 0 Å². The number of rotatable bonds is 2. The second-order valence-corrected chi connectivity index (χ2v) is 4.57. The van der Waals surface area contributed by atoms with Gasteiger partial charge in [0.05, 0.1) is 5.52 Å². The van der Waals surface area contributed by atoms with E-state index in [2.05, 4.69) is 4.98 Å². The minimum Gasteiger partial charge on any atom is -0.299 e. The number of ketones is 1. The van der Waals surface area contributed by atoms with Gasteiger partial charge in [-0.2, -0.15) is 13.2 Å². The predicted molar refractivity (Wildman–Crippen MR) is 71.0 cm³/mol. The van der Waals surface area contributed by atoms with E-state index in [4.69, 9.17) is 0 Å². The van der Waals surface area contributed by atoms with E-state index in [9.17, 15) is 22.4 Å². The molecule has 0 aliphatic heterocycles. The molecule has 0 radical (unpaired) electrons. The van der Waals surface area contributed by atoms with Gasteiger partial charge in [-0.1, -0.05) is 6.07 Å². The molecule has 0 saturated carbocycles. The number of hydrogen-bond acceptors (Lipinski definition) is 2. The predicted octanol–water partition coefficient (Wildman–Crippen LogP) is 3.89. The molecule has 2 heterocycles. The van der Waals surface area contributed by atoms with Crippen LogP contribution in [0.2, 0.25) is 0 Å². The summed E-state index contributed by atoms with van der Waals surface area (Å²) in [4.78, 5) is 15.3. The van der Waals surface area contributed by atoms with Crippen LogP contribution in [0.3, 0.4) is 0 Å². The highest BCUT2D eigenvalue weighted by Crippen LogP contribution is 2.28. The Balaban J connectivity index is 2.25. The van der Waals surface area contributed by atoms with Crippen LogP contribution in [0.5, 0.6) is 0 Å². The number of carbonyl (C=O) groups is 1. The van der Waals surface area contributed by atoms with Crippen LogP contribution in [-0.2, 0) is 0 Å². The summed E-state index contributed by atoms with van der Waals surface area (Å²) in [6.07, 6.45) is -3.51. The average molecular weight is 308 g/mol. The first-order valence-electron chi connectivity index (χ1n) is 6.22. The Hall–Kier alpha value is -2.70. The number of hydrogen-bond donors (Lipinski definition) is 0. The number of fused-ring (bicyclic) bond motifs is 1. The van der Waals surface area contributed by atoms with E-state index in [1.54, 1.807) is 6.07 Å². The molecule has 3 nitrogen and oxygen atoms in total. The molecular weight excluding hydrogens is 300 g/mol. The summed E-state index contributed by atoms with van der Waals surface area (Å²) in [5.74, 6) is -2.34. The minimum atomic E-state index is -5.01. The molecule has 0 unspecified atom stereocenters. The molecule has 0 saturated heterocycles. The molecular formula is C15H8F4N2O. The van der Waals surface area contributed by atoms with Crippen molar-refractivity contribution in [3.8, 4) is 11.4 Å². The second-order valence-electron chi connectivity index (χ2n) is 4.57. The maximum atomic E-state index is 13.0. The first-order chi connectivity index (χ1) is 10.4. The van der Waals surface area contributed by atoms with Gasteiger partial charge in [-0.05, 0) is 36.4 Å². The molecule has 112 valence electrons. The second kappa shape index (κ2) is 4.94. The van der Waals surface area contributed by atoms with Crippen LogP contribution >= 0.6 is 0 Å². The van der Waals surface area contributed by atoms with Crippen LogP contribution in [0.15, 0.2) is 48.7 Å². The fourth-order valence-electron chi connectivity index (χ4n) is 2.14. The van der Waals surface area contributed by atoms with Crippen molar-refractivity contribution in [2.45, 2.75) is 6.18 Å². The van der Waals surface area contributed by atoms with Crippen molar-refractivity contribution >= 4 is 11.3 Å². The standard InChI is InChI=1S/C15H8F4N2O/c16-10-6-4-9(5-7-10)14-20-12(13(22)15(17,18)19)11-3-1-2-8-21(11)14/h1-8H. The summed E-state index contributed by atoms with van der Waals surface area (Å²) in [5, 5.41) is 0. The molecule has 0 amide bonds. The Morgan fingerprint density at radius 3 is 2.36 bits per heavy atom. The number of carbonyl (C=O) groups excluding carboxylic acids is 1. The van der Waals surface area contributed by atoms with Gasteiger partial charge in [0.25, 0.3) is 5.78 Å². The molecule has 0 N–H and O–H groups in total. The first-order valence-corrected chi connectivity index (χ1v) is 6.22. The normalized spacial score (nSPS) is 11.8. The van der Waals surface area contributed by atoms with Gasteiger partial charge in [0.15, 0.2) is 0 Å². The molecule has 3 aromatic rings. The Bertz CT molecular complexity index is 850. The zero-order valence-corrected chi connectivity index (χ0v) is 10.9. The lowest BCUT2D eigenvalue weighted by atomic mass is 10.2. The molecule has 3 rings (SSSR count). The molecule has 0 bridgehead atoms. The summed E-state index contributed by atoms with van der Waals surface area (Å²) in [6, 6.07) is 9.61.